The van der Waals surface area contributed by atoms with E-state index in [-0.39, 0.29) is 5.91 Å². The second kappa shape index (κ2) is 6.96. The van der Waals surface area contributed by atoms with Gasteiger partial charge in [-0.05, 0) is 36.8 Å². The van der Waals surface area contributed by atoms with Crippen molar-refractivity contribution in [3.05, 3.63) is 47.3 Å². The van der Waals surface area contributed by atoms with Crippen molar-refractivity contribution >= 4 is 11.6 Å². The maximum atomic E-state index is 12.6. The maximum Gasteiger partial charge on any atom is 0.266 e. The fraction of sp³-hybridized carbons (Fsp3) is 0.389. The van der Waals surface area contributed by atoms with Crippen molar-refractivity contribution < 1.29 is 14.4 Å². The molecule has 7 nitrogen and oxygen atoms in total. The Balaban J connectivity index is 1.61. The fourth-order valence-electron chi connectivity index (χ4n) is 2.74. The molecule has 1 aromatic heterocycles. The summed E-state index contributed by atoms with van der Waals surface area (Å²) in [5, 5.41) is 8.29. The SMILES string of the molecule is COc1ccc(C2=NOC(C(=O)N(C)Cc3cnn(C)c3C)C2)cc1. The van der Waals surface area contributed by atoms with Gasteiger partial charge in [0.1, 0.15) is 5.75 Å². The quantitative estimate of drug-likeness (QED) is 0.832. The molecule has 0 spiro atoms. The number of hydrogen-bond donors (Lipinski definition) is 0. The Labute approximate surface area is 146 Å². The molecule has 1 atom stereocenters. The van der Waals surface area contributed by atoms with Crippen LogP contribution in [0.25, 0.3) is 0 Å². The molecule has 2 heterocycles. The highest BCUT2D eigenvalue weighted by Gasteiger charge is 2.31. The summed E-state index contributed by atoms with van der Waals surface area (Å²) in [6.45, 7) is 2.48. The largest absolute Gasteiger partial charge is 0.497 e. The third-order valence-electron chi connectivity index (χ3n) is 4.49. The molecular weight excluding hydrogens is 320 g/mol. The number of methoxy groups -OCH3 is 1. The zero-order valence-corrected chi connectivity index (χ0v) is 14.9. The summed E-state index contributed by atoms with van der Waals surface area (Å²) in [6, 6.07) is 7.56. The number of ether oxygens (including phenoxy) is 1. The smallest absolute Gasteiger partial charge is 0.266 e. The van der Waals surface area contributed by atoms with Gasteiger partial charge >= 0.3 is 0 Å². The van der Waals surface area contributed by atoms with Crippen LogP contribution < -0.4 is 4.74 Å². The summed E-state index contributed by atoms with van der Waals surface area (Å²) in [5.74, 6) is 0.693. The minimum atomic E-state index is -0.584. The standard InChI is InChI=1S/C18H22N4O3/c1-12-14(10-19-22(12)3)11-21(2)18(23)17-9-16(20-25-17)13-5-7-15(24-4)8-6-13/h5-8,10,17H,9,11H2,1-4H3. The van der Waals surface area contributed by atoms with E-state index in [1.807, 2.05) is 38.2 Å². The van der Waals surface area contributed by atoms with Crippen molar-refractivity contribution in [1.29, 1.82) is 0 Å². The van der Waals surface area contributed by atoms with Gasteiger partial charge in [-0.1, -0.05) is 5.16 Å². The molecule has 0 bridgehead atoms. The summed E-state index contributed by atoms with van der Waals surface area (Å²) in [7, 11) is 5.28. The Morgan fingerprint density at radius 3 is 2.72 bits per heavy atom. The number of aromatic nitrogens is 2. The number of benzene rings is 1. The van der Waals surface area contributed by atoms with E-state index in [0.717, 1.165) is 28.3 Å². The lowest BCUT2D eigenvalue weighted by molar-refractivity contribution is -0.141. The van der Waals surface area contributed by atoms with Crippen molar-refractivity contribution in [3.8, 4) is 5.75 Å². The van der Waals surface area contributed by atoms with Crippen molar-refractivity contribution in [2.75, 3.05) is 14.2 Å². The molecule has 0 radical (unpaired) electrons. The Morgan fingerprint density at radius 1 is 1.40 bits per heavy atom. The van der Waals surface area contributed by atoms with E-state index in [1.54, 1.807) is 29.9 Å². The average molecular weight is 342 g/mol. The van der Waals surface area contributed by atoms with Crippen LogP contribution in [0.5, 0.6) is 5.75 Å². The summed E-state index contributed by atoms with van der Waals surface area (Å²) < 4.78 is 6.95. The molecule has 1 amide bonds. The molecule has 25 heavy (non-hydrogen) atoms. The fourth-order valence-corrected chi connectivity index (χ4v) is 2.74. The first-order chi connectivity index (χ1) is 12.0. The number of rotatable bonds is 5. The van der Waals surface area contributed by atoms with E-state index in [4.69, 9.17) is 9.57 Å². The lowest BCUT2D eigenvalue weighted by Crippen LogP contribution is -2.36. The molecule has 2 aromatic rings. The molecule has 132 valence electrons. The first-order valence-corrected chi connectivity index (χ1v) is 8.09. The first kappa shape index (κ1) is 17.0. The lowest BCUT2D eigenvalue weighted by atomic mass is 10.0. The maximum absolute atomic E-state index is 12.6. The monoisotopic (exact) mass is 342 g/mol. The Hall–Kier alpha value is -2.83. The Morgan fingerprint density at radius 2 is 2.12 bits per heavy atom. The molecular formula is C18H22N4O3. The van der Waals surface area contributed by atoms with Gasteiger partial charge in [-0.2, -0.15) is 5.10 Å². The van der Waals surface area contributed by atoms with Gasteiger partial charge in [0.15, 0.2) is 0 Å². The Kier molecular flexibility index (Phi) is 4.74. The molecule has 7 heteroatoms. The number of oxime groups is 1. The van der Waals surface area contributed by atoms with Crippen LogP contribution in [0.2, 0.25) is 0 Å². The van der Waals surface area contributed by atoms with Crippen LogP contribution in [0.15, 0.2) is 35.6 Å². The van der Waals surface area contributed by atoms with Crippen molar-refractivity contribution in [2.24, 2.45) is 12.2 Å². The number of carbonyl (C=O) groups excluding carboxylic acids is 1. The number of nitrogens with zero attached hydrogens (tertiary/aromatic N) is 4. The van der Waals surface area contributed by atoms with Gasteiger partial charge in [-0.3, -0.25) is 9.48 Å². The molecule has 0 saturated heterocycles. The van der Waals surface area contributed by atoms with Crippen LogP contribution in [-0.2, 0) is 23.2 Å². The molecule has 0 saturated carbocycles. The molecule has 1 unspecified atom stereocenters. The van der Waals surface area contributed by atoms with E-state index in [9.17, 15) is 4.79 Å². The predicted octanol–water partition coefficient (Wildman–Crippen LogP) is 1.89. The normalized spacial score (nSPS) is 16.3. The average Bonchev–Trinajstić information content (AvgIpc) is 3.24. The first-order valence-electron chi connectivity index (χ1n) is 8.09. The predicted molar refractivity (Wildman–Crippen MR) is 93.4 cm³/mol. The molecule has 1 aliphatic rings. The van der Waals surface area contributed by atoms with Crippen molar-refractivity contribution in [1.82, 2.24) is 14.7 Å². The molecule has 1 aromatic carbocycles. The van der Waals surface area contributed by atoms with E-state index >= 15 is 0 Å². The van der Waals surface area contributed by atoms with Crippen LogP contribution >= 0.6 is 0 Å². The van der Waals surface area contributed by atoms with Crippen LogP contribution in [0.4, 0.5) is 0 Å². The van der Waals surface area contributed by atoms with Gasteiger partial charge in [-0.25, -0.2) is 0 Å². The minimum Gasteiger partial charge on any atom is -0.497 e. The van der Waals surface area contributed by atoms with E-state index in [0.29, 0.717) is 13.0 Å². The van der Waals surface area contributed by atoms with Gasteiger partial charge in [0.2, 0.25) is 6.10 Å². The number of carbonyl (C=O) groups is 1. The molecule has 0 N–H and O–H groups in total. The molecule has 1 aliphatic heterocycles. The molecule has 0 fully saturated rings. The van der Waals surface area contributed by atoms with Crippen LogP contribution in [0.3, 0.4) is 0 Å². The zero-order valence-electron chi connectivity index (χ0n) is 14.9. The second-order valence-electron chi connectivity index (χ2n) is 6.14. The van der Waals surface area contributed by atoms with Gasteiger partial charge in [-0.15, -0.1) is 0 Å². The highest BCUT2D eigenvalue weighted by atomic mass is 16.6. The second-order valence-corrected chi connectivity index (χ2v) is 6.14. The number of amides is 1. The molecule has 3 rings (SSSR count). The summed E-state index contributed by atoms with van der Waals surface area (Å²) in [6.07, 6.45) is 1.66. The number of aryl methyl sites for hydroxylation is 1. The van der Waals surface area contributed by atoms with E-state index in [1.165, 1.54) is 0 Å². The molecule has 0 aliphatic carbocycles. The van der Waals surface area contributed by atoms with E-state index < -0.39 is 6.10 Å². The van der Waals surface area contributed by atoms with Gasteiger partial charge in [0.25, 0.3) is 5.91 Å². The highest BCUT2D eigenvalue weighted by molar-refractivity contribution is 6.04. The topological polar surface area (TPSA) is 69.0 Å². The van der Waals surface area contributed by atoms with Crippen LogP contribution in [-0.4, -0.2) is 46.6 Å². The number of likely N-dealkylation sites (N-methyl/N-ethyl adjacent to an activating group) is 1. The highest BCUT2D eigenvalue weighted by Crippen LogP contribution is 2.21. The van der Waals surface area contributed by atoms with Gasteiger partial charge in [0.05, 0.1) is 19.0 Å². The lowest BCUT2D eigenvalue weighted by Gasteiger charge is -2.19. The van der Waals surface area contributed by atoms with Crippen molar-refractivity contribution in [2.45, 2.75) is 26.0 Å². The minimum absolute atomic E-state index is 0.0875. The summed E-state index contributed by atoms with van der Waals surface area (Å²) >= 11 is 0. The van der Waals surface area contributed by atoms with Gasteiger partial charge in [0, 0.05) is 38.3 Å². The van der Waals surface area contributed by atoms with Crippen LogP contribution in [0.1, 0.15) is 23.2 Å². The van der Waals surface area contributed by atoms with Crippen LogP contribution in [0, 0.1) is 6.92 Å². The van der Waals surface area contributed by atoms with E-state index in [2.05, 4.69) is 10.3 Å². The third-order valence-corrected chi connectivity index (χ3v) is 4.49. The Bertz CT molecular complexity index is 795. The summed E-state index contributed by atoms with van der Waals surface area (Å²) in [5.41, 5.74) is 3.77. The number of hydrogen-bond acceptors (Lipinski definition) is 5. The zero-order chi connectivity index (χ0) is 18.0. The van der Waals surface area contributed by atoms with Gasteiger partial charge < -0.3 is 14.5 Å². The van der Waals surface area contributed by atoms with Crippen molar-refractivity contribution in [3.63, 3.8) is 0 Å². The third kappa shape index (κ3) is 3.50. The summed E-state index contributed by atoms with van der Waals surface area (Å²) in [4.78, 5) is 19.7.